The highest BCUT2D eigenvalue weighted by Crippen LogP contribution is 2.31. The Balaban J connectivity index is 2.26. The zero-order valence-corrected chi connectivity index (χ0v) is 9.36. The summed E-state index contributed by atoms with van der Waals surface area (Å²) in [7, 11) is 1.68. The van der Waals surface area contributed by atoms with Gasteiger partial charge in [0.2, 0.25) is 0 Å². The number of nitrogen functional groups attached to an aromatic ring is 1. The molecule has 1 unspecified atom stereocenters. The van der Waals surface area contributed by atoms with Crippen LogP contribution >= 0.6 is 0 Å². The van der Waals surface area contributed by atoms with Gasteiger partial charge in [0.1, 0.15) is 5.75 Å². The van der Waals surface area contributed by atoms with Crippen LogP contribution in [-0.2, 0) is 0 Å². The molecule has 82 valence electrons. The predicted octanol–water partition coefficient (Wildman–Crippen LogP) is 2.12. The maximum atomic E-state index is 5.97. The van der Waals surface area contributed by atoms with Gasteiger partial charge in [-0.25, -0.2) is 0 Å². The molecule has 0 aliphatic carbocycles. The second-order valence-corrected chi connectivity index (χ2v) is 4.26. The Labute approximate surface area is 90.8 Å². The Morgan fingerprint density at radius 2 is 2.27 bits per heavy atom. The Morgan fingerprint density at radius 3 is 2.87 bits per heavy atom. The minimum absolute atomic E-state index is 0.760. The van der Waals surface area contributed by atoms with Gasteiger partial charge in [0, 0.05) is 19.2 Å². The third-order valence-electron chi connectivity index (χ3n) is 3.00. The van der Waals surface area contributed by atoms with Gasteiger partial charge in [-0.15, -0.1) is 0 Å². The first-order valence-electron chi connectivity index (χ1n) is 5.39. The molecule has 0 aromatic heterocycles. The van der Waals surface area contributed by atoms with Gasteiger partial charge in [-0.3, -0.25) is 0 Å². The van der Waals surface area contributed by atoms with Crippen LogP contribution in [0.4, 0.5) is 11.4 Å². The van der Waals surface area contributed by atoms with Gasteiger partial charge in [-0.1, -0.05) is 6.92 Å². The summed E-state index contributed by atoms with van der Waals surface area (Å²) >= 11 is 0. The lowest BCUT2D eigenvalue weighted by Crippen LogP contribution is -2.20. The van der Waals surface area contributed by atoms with E-state index in [4.69, 9.17) is 10.5 Å². The zero-order valence-electron chi connectivity index (χ0n) is 9.36. The number of hydrogen-bond acceptors (Lipinski definition) is 3. The molecule has 1 aromatic rings. The smallest absolute Gasteiger partial charge is 0.121 e. The van der Waals surface area contributed by atoms with Gasteiger partial charge in [0.05, 0.1) is 18.5 Å². The summed E-state index contributed by atoms with van der Waals surface area (Å²) in [5.41, 5.74) is 7.92. The van der Waals surface area contributed by atoms with Crippen molar-refractivity contribution in [1.82, 2.24) is 0 Å². The zero-order chi connectivity index (χ0) is 10.8. The summed E-state index contributed by atoms with van der Waals surface area (Å²) in [4.78, 5) is 2.34. The molecule has 2 rings (SSSR count). The molecule has 1 fully saturated rings. The lowest BCUT2D eigenvalue weighted by molar-refractivity contribution is 0.415. The molecule has 1 aliphatic rings. The standard InChI is InChI=1S/C12H18N2O/c1-9-5-6-14(8-9)12-7-10(15-2)3-4-11(12)13/h3-4,7,9H,5-6,8,13H2,1-2H3. The van der Waals surface area contributed by atoms with E-state index in [0.717, 1.165) is 36.1 Å². The Hall–Kier alpha value is -1.38. The molecule has 1 atom stereocenters. The molecule has 0 radical (unpaired) electrons. The molecule has 0 bridgehead atoms. The maximum absolute atomic E-state index is 5.97. The first-order chi connectivity index (χ1) is 7.20. The van der Waals surface area contributed by atoms with E-state index < -0.39 is 0 Å². The van der Waals surface area contributed by atoms with E-state index in [1.165, 1.54) is 6.42 Å². The summed E-state index contributed by atoms with van der Waals surface area (Å²) in [6.07, 6.45) is 1.25. The van der Waals surface area contributed by atoms with Crippen molar-refractivity contribution in [2.45, 2.75) is 13.3 Å². The van der Waals surface area contributed by atoms with Crippen molar-refractivity contribution in [2.24, 2.45) is 5.92 Å². The van der Waals surface area contributed by atoms with Crippen LogP contribution in [0.25, 0.3) is 0 Å². The topological polar surface area (TPSA) is 38.5 Å². The molecule has 1 saturated heterocycles. The number of benzene rings is 1. The summed E-state index contributed by atoms with van der Waals surface area (Å²) in [6, 6.07) is 5.84. The van der Waals surface area contributed by atoms with E-state index in [-0.39, 0.29) is 0 Å². The second kappa shape index (κ2) is 4.01. The average Bonchev–Trinajstić information content (AvgIpc) is 2.65. The Kier molecular flexibility index (Phi) is 2.71. The van der Waals surface area contributed by atoms with Crippen LogP contribution in [0.5, 0.6) is 5.75 Å². The van der Waals surface area contributed by atoms with E-state index in [1.807, 2.05) is 18.2 Å². The van der Waals surface area contributed by atoms with Crippen molar-refractivity contribution in [3.05, 3.63) is 18.2 Å². The highest BCUT2D eigenvalue weighted by Gasteiger charge is 2.20. The lowest BCUT2D eigenvalue weighted by Gasteiger charge is -2.20. The fourth-order valence-electron chi connectivity index (χ4n) is 2.08. The number of hydrogen-bond donors (Lipinski definition) is 1. The van der Waals surface area contributed by atoms with Crippen LogP contribution in [0.2, 0.25) is 0 Å². The quantitative estimate of drug-likeness (QED) is 0.753. The Bertz CT molecular complexity index is 351. The third-order valence-corrected chi connectivity index (χ3v) is 3.00. The van der Waals surface area contributed by atoms with Crippen LogP contribution in [0.15, 0.2) is 18.2 Å². The largest absolute Gasteiger partial charge is 0.497 e. The average molecular weight is 206 g/mol. The van der Waals surface area contributed by atoms with E-state index >= 15 is 0 Å². The van der Waals surface area contributed by atoms with Crippen molar-refractivity contribution in [2.75, 3.05) is 30.8 Å². The molecule has 0 saturated carbocycles. The summed E-state index contributed by atoms with van der Waals surface area (Å²) in [6.45, 7) is 4.46. The number of ether oxygens (including phenoxy) is 1. The minimum Gasteiger partial charge on any atom is -0.497 e. The molecule has 2 N–H and O–H groups in total. The monoisotopic (exact) mass is 206 g/mol. The van der Waals surface area contributed by atoms with Crippen LogP contribution in [0.3, 0.4) is 0 Å². The van der Waals surface area contributed by atoms with Gasteiger partial charge in [-0.2, -0.15) is 0 Å². The Morgan fingerprint density at radius 1 is 1.47 bits per heavy atom. The van der Waals surface area contributed by atoms with Gasteiger partial charge < -0.3 is 15.4 Å². The van der Waals surface area contributed by atoms with Crippen molar-refractivity contribution in [3.63, 3.8) is 0 Å². The fraction of sp³-hybridized carbons (Fsp3) is 0.500. The van der Waals surface area contributed by atoms with Crippen molar-refractivity contribution >= 4 is 11.4 Å². The molecule has 0 spiro atoms. The summed E-state index contributed by atoms with van der Waals surface area (Å²) < 4.78 is 5.21. The number of rotatable bonds is 2. The molecule has 3 nitrogen and oxygen atoms in total. The normalized spacial score (nSPS) is 20.7. The SMILES string of the molecule is COc1ccc(N)c(N2CCC(C)C2)c1. The van der Waals surface area contributed by atoms with Crippen molar-refractivity contribution in [1.29, 1.82) is 0 Å². The summed E-state index contributed by atoms with van der Waals surface area (Å²) in [5, 5.41) is 0. The van der Waals surface area contributed by atoms with Crippen molar-refractivity contribution in [3.8, 4) is 5.75 Å². The molecule has 15 heavy (non-hydrogen) atoms. The number of nitrogens with two attached hydrogens (primary N) is 1. The number of nitrogens with zero attached hydrogens (tertiary/aromatic N) is 1. The van der Waals surface area contributed by atoms with E-state index in [0.29, 0.717) is 0 Å². The van der Waals surface area contributed by atoms with Crippen LogP contribution in [0, 0.1) is 5.92 Å². The lowest BCUT2D eigenvalue weighted by atomic mass is 10.2. The van der Waals surface area contributed by atoms with Gasteiger partial charge in [-0.05, 0) is 24.5 Å². The molecular formula is C12H18N2O. The van der Waals surface area contributed by atoms with Gasteiger partial charge in [0.25, 0.3) is 0 Å². The molecule has 1 aliphatic heterocycles. The number of methoxy groups -OCH3 is 1. The van der Waals surface area contributed by atoms with Crippen LogP contribution in [0.1, 0.15) is 13.3 Å². The second-order valence-electron chi connectivity index (χ2n) is 4.26. The first kappa shape index (κ1) is 10.1. The molecule has 0 amide bonds. The van der Waals surface area contributed by atoms with E-state index in [1.54, 1.807) is 7.11 Å². The predicted molar refractivity (Wildman–Crippen MR) is 63.4 cm³/mol. The first-order valence-corrected chi connectivity index (χ1v) is 5.39. The molecule has 1 aromatic carbocycles. The van der Waals surface area contributed by atoms with Crippen LogP contribution < -0.4 is 15.4 Å². The highest BCUT2D eigenvalue weighted by atomic mass is 16.5. The third kappa shape index (κ3) is 2.01. The fourth-order valence-corrected chi connectivity index (χ4v) is 2.08. The summed E-state index contributed by atoms with van der Waals surface area (Å²) in [5.74, 6) is 1.63. The van der Waals surface area contributed by atoms with Crippen LogP contribution in [-0.4, -0.2) is 20.2 Å². The molecule has 3 heteroatoms. The highest BCUT2D eigenvalue weighted by molar-refractivity contribution is 5.70. The van der Waals surface area contributed by atoms with Gasteiger partial charge >= 0.3 is 0 Å². The minimum atomic E-state index is 0.760. The maximum Gasteiger partial charge on any atom is 0.121 e. The number of anilines is 2. The molecule has 1 heterocycles. The van der Waals surface area contributed by atoms with Gasteiger partial charge in [0.15, 0.2) is 0 Å². The van der Waals surface area contributed by atoms with Crippen molar-refractivity contribution < 1.29 is 4.74 Å². The van der Waals surface area contributed by atoms with E-state index in [9.17, 15) is 0 Å². The van der Waals surface area contributed by atoms with E-state index in [2.05, 4.69) is 11.8 Å². The molecular weight excluding hydrogens is 188 g/mol.